The minimum Gasteiger partial charge on any atom is -0.392 e. The van der Waals surface area contributed by atoms with Gasteiger partial charge in [-0.05, 0) is 35.3 Å². The first-order valence-corrected chi connectivity index (χ1v) is 6.63. The van der Waals surface area contributed by atoms with Gasteiger partial charge >= 0.3 is 0 Å². The van der Waals surface area contributed by atoms with Gasteiger partial charge in [0, 0.05) is 0 Å². The maximum atomic E-state index is 10.2. The first-order chi connectivity index (χ1) is 7.86. The lowest BCUT2D eigenvalue weighted by molar-refractivity contribution is 0.0479. The van der Waals surface area contributed by atoms with Crippen LogP contribution in [0.25, 0.3) is 0 Å². The Morgan fingerprint density at radius 2 is 1.65 bits per heavy atom. The van der Waals surface area contributed by atoms with E-state index in [1.807, 2.05) is 0 Å². The van der Waals surface area contributed by atoms with Gasteiger partial charge < -0.3 is 5.11 Å². The van der Waals surface area contributed by atoms with Crippen molar-refractivity contribution in [1.29, 1.82) is 0 Å². The van der Waals surface area contributed by atoms with E-state index >= 15 is 0 Å². The second-order valence-corrected chi connectivity index (χ2v) is 5.96. The van der Waals surface area contributed by atoms with Crippen LogP contribution in [0.2, 0.25) is 0 Å². The van der Waals surface area contributed by atoms with Crippen molar-refractivity contribution >= 4 is 0 Å². The van der Waals surface area contributed by atoms with E-state index in [0.717, 1.165) is 12.8 Å². The topological polar surface area (TPSA) is 20.2 Å². The molecule has 0 aliphatic rings. The molecule has 0 spiro atoms. The predicted octanol–water partition coefficient (Wildman–Crippen LogP) is 4.15. The van der Waals surface area contributed by atoms with Crippen molar-refractivity contribution < 1.29 is 5.11 Å². The SMILES string of the molecule is CCC(C)(C)C(O)Cc1ccc(C(C)C)cc1. The van der Waals surface area contributed by atoms with Gasteiger partial charge in [0.1, 0.15) is 0 Å². The van der Waals surface area contributed by atoms with Gasteiger partial charge in [-0.2, -0.15) is 0 Å². The van der Waals surface area contributed by atoms with Crippen LogP contribution in [0.5, 0.6) is 0 Å². The standard InChI is InChI=1S/C16H26O/c1-6-16(4,5)15(17)11-13-7-9-14(10-8-13)12(2)3/h7-10,12,15,17H,6,11H2,1-5H3. The van der Waals surface area contributed by atoms with Crippen LogP contribution in [-0.4, -0.2) is 11.2 Å². The van der Waals surface area contributed by atoms with Crippen LogP contribution >= 0.6 is 0 Å². The van der Waals surface area contributed by atoms with Gasteiger partial charge in [-0.15, -0.1) is 0 Å². The van der Waals surface area contributed by atoms with Gasteiger partial charge in [-0.1, -0.05) is 58.9 Å². The number of rotatable bonds is 5. The highest BCUT2D eigenvalue weighted by Crippen LogP contribution is 2.27. The Kier molecular flexibility index (Phi) is 4.76. The van der Waals surface area contributed by atoms with E-state index in [2.05, 4.69) is 58.9 Å². The highest BCUT2D eigenvalue weighted by Gasteiger charge is 2.25. The normalized spacial score (nSPS) is 14.1. The molecule has 17 heavy (non-hydrogen) atoms. The van der Waals surface area contributed by atoms with Crippen LogP contribution in [0, 0.1) is 5.41 Å². The maximum absolute atomic E-state index is 10.2. The van der Waals surface area contributed by atoms with Crippen molar-refractivity contribution in [2.75, 3.05) is 0 Å². The van der Waals surface area contributed by atoms with Crippen LogP contribution in [0.3, 0.4) is 0 Å². The van der Waals surface area contributed by atoms with Crippen LogP contribution in [-0.2, 0) is 6.42 Å². The van der Waals surface area contributed by atoms with E-state index in [-0.39, 0.29) is 11.5 Å². The van der Waals surface area contributed by atoms with Gasteiger partial charge in [-0.25, -0.2) is 0 Å². The lowest BCUT2D eigenvalue weighted by atomic mass is 9.81. The summed E-state index contributed by atoms with van der Waals surface area (Å²) in [5, 5.41) is 10.2. The van der Waals surface area contributed by atoms with Crippen LogP contribution in [0.15, 0.2) is 24.3 Å². The summed E-state index contributed by atoms with van der Waals surface area (Å²) < 4.78 is 0. The zero-order valence-electron chi connectivity index (χ0n) is 11.8. The summed E-state index contributed by atoms with van der Waals surface area (Å²) >= 11 is 0. The molecule has 1 aromatic carbocycles. The maximum Gasteiger partial charge on any atom is 0.0631 e. The molecule has 1 unspecified atom stereocenters. The Bertz CT molecular complexity index is 335. The highest BCUT2D eigenvalue weighted by molar-refractivity contribution is 5.25. The van der Waals surface area contributed by atoms with Crippen LogP contribution in [0.4, 0.5) is 0 Å². The third-order valence-electron chi connectivity index (χ3n) is 3.89. The minimum atomic E-state index is -0.266. The van der Waals surface area contributed by atoms with Crippen molar-refractivity contribution in [2.24, 2.45) is 5.41 Å². The van der Waals surface area contributed by atoms with Gasteiger partial charge in [0.05, 0.1) is 6.10 Å². The average molecular weight is 234 g/mol. The molecule has 0 aliphatic heterocycles. The first kappa shape index (κ1) is 14.2. The fraction of sp³-hybridized carbons (Fsp3) is 0.625. The van der Waals surface area contributed by atoms with E-state index in [9.17, 15) is 5.11 Å². The summed E-state index contributed by atoms with van der Waals surface area (Å²) in [6.45, 7) is 10.8. The molecule has 1 aromatic rings. The van der Waals surface area contributed by atoms with Crippen molar-refractivity contribution in [2.45, 2.75) is 59.5 Å². The largest absolute Gasteiger partial charge is 0.392 e. The molecule has 0 bridgehead atoms. The Hall–Kier alpha value is -0.820. The molecule has 0 heterocycles. The number of hydrogen-bond donors (Lipinski definition) is 1. The van der Waals surface area contributed by atoms with Crippen molar-refractivity contribution in [3.8, 4) is 0 Å². The quantitative estimate of drug-likeness (QED) is 0.811. The summed E-state index contributed by atoms with van der Waals surface area (Å²) in [7, 11) is 0. The third-order valence-corrected chi connectivity index (χ3v) is 3.89. The average Bonchev–Trinajstić information content (AvgIpc) is 2.29. The van der Waals surface area contributed by atoms with E-state index in [1.54, 1.807) is 0 Å². The van der Waals surface area contributed by atoms with Crippen molar-refractivity contribution in [1.82, 2.24) is 0 Å². The molecule has 96 valence electrons. The molecule has 1 atom stereocenters. The van der Waals surface area contributed by atoms with Gasteiger partial charge in [0.15, 0.2) is 0 Å². The van der Waals surface area contributed by atoms with E-state index < -0.39 is 0 Å². The minimum absolute atomic E-state index is 0.00325. The Labute approximate surface area is 106 Å². The first-order valence-electron chi connectivity index (χ1n) is 6.63. The second-order valence-electron chi connectivity index (χ2n) is 5.96. The molecule has 1 nitrogen and oxygen atoms in total. The van der Waals surface area contributed by atoms with Crippen molar-refractivity contribution in [3.05, 3.63) is 35.4 Å². The fourth-order valence-electron chi connectivity index (χ4n) is 1.77. The lowest BCUT2D eigenvalue weighted by Gasteiger charge is -2.29. The second kappa shape index (κ2) is 5.68. The van der Waals surface area contributed by atoms with Gasteiger partial charge in [0.2, 0.25) is 0 Å². The van der Waals surface area contributed by atoms with Crippen molar-refractivity contribution in [3.63, 3.8) is 0 Å². The molecule has 0 aliphatic carbocycles. The number of aliphatic hydroxyl groups excluding tert-OH is 1. The van der Waals surface area contributed by atoms with Gasteiger partial charge in [0.25, 0.3) is 0 Å². The van der Waals surface area contributed by atoms with E-state index in [0.29, 0.717) is 5.92 Å². The third kappa shape index (κ3) is 3.85. The molecule has 0 aromatic heterocycles. The zero-order valence-corrected chi connectivity index (χ0v) is 11.8. The van der Waals surface area contributed by atoms with Crippen LogP contribution in [0.1, 0.15) is 58.1 Å². The molecule has 0 amide bonds. The summed E-state index contributed by atoms with van der Waals surface area (Å²) in [6, 6.07) is 8.63. The monoisotopic (exact) mass is 234 g/mol. The number of aliphatic hydroxyl groups is 1. The summed E-state index contributed by atoms with van der Waals surface area (Å²) in [5.41, 5.74) is 2.58. The number of hydrogen-bond acceptors (Lipinski definition) is 1. The molecule has 0 fully saturated rings. The molecule has 1 N–H and O–H groups in total. The Morgan fingerprint density at radius 3 is 2.06 bits per heavy atom. The summed E-state index contributed by atoms with van der Waals surface area (Å²) in [5.74, 6) is 0.570. The molecule has 1 heteroatoms. The van der Waals surface area contributed by atoms with E-state index in [1.165, 1.54) is 11.1 Å². The predicted molar refractivity (Wildman–Crippen MR) is 74.3 cm³/mol. The fourth-order valence-corrected chi connectivity index (χ4v) is 1.77. The van der Waals surface area contributed by atoms with Crippen LogP contribution < -0.4 is 0 Å². The molecular weight excluding hydrogens is 208 g/mol. The molecule has 1 rings (SSSR count). The smallest absolute Gasteiger partial charge is 0.0631 e. The Balaban J connectivity index is 2.69. The lowest BCUT2D eigenvalue weighted by Crippen LogP contribution is -2.30. The van der Waals surface area contributed by atoms with E-state index in [4.69, 9.17) is 0 Å². The zero-order chi connectivity index (χ0) is 13.1. The molecule has 0 saturated carbocycles. The number of benzene rings is 1. The summed E-state index contributed by atoms with van der Waals surface area (Å²) in [4.78, 5) is 0. The molecule has 0 saturated heterocycles. The summed E-state index contributed by atoms with van der Waals surface area (Å²) in [6.07, 6.45) is 1.48. The molecular formula is C16H26O. The highest BCUT2D eigenvalue weighted by atomic mass is 16.3. The molecule has 0 radical (unpaired) electrons. The van der Waals surface area contributed by atoms with Gasteiger partial charge in [-0.3, -0.25) is 0 Å². The Morgan fingerprint density at radius 1 is 1.12 bits per heavy atom.